The zero-order valence-corrected chi connectivity index (χ0v) is 20.4. The van der Waals surface area contributed by atoms with Crippen LogP contribution in [0.25, 0.3) is 0 Å². The van der Waals surface area contributed by atoms with E-state index in [0.29, 0.717) is 17.7 Å². The summed E-state index contributed by atoms with van der Waals surface area (Å²) in [6.07, 6.45) is 1.89. The standard InChI is InChI=1S/C24H32FN3O4S/c1-5-22(24(30)26-3)27(17-19-10-12-20(25)13-11-19)23(29)7-6-16-28(33(4,31)32)21-14-8-18(2)9-15-21/h8-15,22H,5-7,16-17H2,1-4H3,(H,26,30)/t22-/m0/s1. The number of benzene rings is 2. The number of nitrogens with one attached hydrogen (secondary N) is 1. The number of aryl methyl sites for hydroxylation is 1. The fourth-order valence-corrected chi connectivity index (χ4v) is 4.55. The molecule has 0 fully saturated rings. The molecule has 1 N–H and O–H groups in total. The van der Waals surface area contributed by atoms with Crippen molar-refractivity contribution in [1.29, 1.82) is 0 Å². The maximum atomic E-state index is 13.3. The van der Waals surface area contributed by atoms with Gasteiger partial charge in [-0.25, -0.2) is 12.8 Å². The number of anilines is 1. The average molecular weight is 478 g/mol. The van der Waals surface area contributed by atoms with E-state index in [9.17, 15) is 22.4 Å². The fraction of sp³-hybridized carbons (Fsp3) is 0.417. The van der Waals surface area contributed by atoms with Crippen molar-refractivity contribution >= 4 is 27.5 Å². The van der Waals surface area contributed by atoms with Gasteiger partial charge in [0.25, 0.3) is 0 Å². The van der Waals surface area contributed by atoms with Gasteiger partial charge < -0.3 is 10.2 Å². The largest absolute Gasteiger partial charge is 0.357 e. The van der Waals surface area contributed by atoms with Gasteiger partial charge >= 0.3 is 0 Å². The SMILES string of the molecule is CC[C@@H](C(=O)NC)N(Cc1ccc(F)cc1)C(=O)CCCN(c1ccc(C)cc1)S(C)(=O)=O. The van der Waals surface area contributed by atoms with Crippen molar-refractivity contribution < 1.29 is 22.4 Å². The number of sulfonamides is 1. The maximum Gasteiger partial charge on any atom is 0.242 e. The molecule has 0 aliphatic rings. The van der Waals surface area contributed by atoms with E-state index in [4.69, 9.17) is 0 Å². The third kappa shape index (κ3) is 7.56. The van der Waals surface area contributed by atoms with Crippen LogP contribution in [0.2, 0.25) is 0 Å². The van der Waals surface area contributed by atoms with Crippen LogP contribution in [0, 0.1) is 12.7 Å². The summed E-state index contributed by atoms with van der Waals surface area (Å²) in [6.45, 7) is 4.01. The van der Waals surface area contributed by atoms with Gasteiger partial charge in [-0.3, -0.25) is 13.9 Å². The molecule has 9 heteroatoms. The highest BCUT2D eigenvalue weighted by Gasteiger charge is 2.28. The van der Waals surface area contributed by atoms with Crippen LogP contribution in [0.15, 0.2) is 48.5 Å². The summed E-state index contributed by atoms with van der Waals surface area (Å²) in [4.78, 5) is 27.0. The van der Waals surface area contributed by atoms with Gasteiger partial charge in [-0.15, -0.1) is 0 Å². The van der Waals surface area contributed by atoms with Crippen LogP contribution in [-0.4, -0.2) is 51.0 Å². The Kier molecular flexibility index (Phi) is 9.40. The lowest BCUT2D eigenvalue weighted by atomic mass is 10.1. The van der Waals surface area contributed by atoms with Crippen molar-refractivity contribution in [1.82, 2.24) is 10.2 Å². The molecule has 0 saturated heterocycles. The van der Waals surface area contributed by atoms with Crippen LogP contribution in [0.3, 0.4) is 0 Å². The molecule has 2 rings (SSSR count). The summed E-state index contributed by atoms with van der Waals surface area (Å²) in [7, 11) is -2.02. The molecule has 2 amide bonds. The van der Waals surface area contributed by atoms with Gasteiger partial charge in [-0.05, 0) is 49.6 Å². The summed E-state index contributed by atoms with van der Waals surface area (Å²) >= 11 is 0. The minimum absolute atomic E-state index is 0.0621. The minimum atomic E-state index is -3.53. The van der Waals surface area contributed by atoms with Crippen molar-refractivity contribution in [2.75, 3.05) is 24.2 Å². The summed E-state index contributed by atoms with van der Waals surface area (Å²) in [5.74, 6) is -0.940. The average Bonchev–Trinajstić information content (AvgIpc) is 2.77. The van der Waals surface area contributed by atoms with Crippen molar-refractivity contribution in [3.05, 3.63) is 65.5 Å². The van der Waals surface area contributed by atoms with Gasteiger partial charge in [0.05, 0.1) is 11.9 Å². The number of hydrogen-bond acceptors (Lipinski definition) is 4. The lowest BCUT2D eigenvalue weighted by molar-refractivity contribution is -0.141. The maximum absolute atomic E-state index is 13.3. The molecule has 2 aromatic carbocycles. The van der Waals surface area contributed by atoms with Crippen LogP contribution in [-0.2, 0) is 26.2 Å². The first-order valence-electron chi connectivity index (χ1n) is 10.9. The number of likely N-dealkylation sites (N-methyl/N-ethyl adjacent to an activating group) is 1. The van der Waals surface area contributed by atoms with Crippen molar-refractivity contribution in [2.24, 2.45) is 0 Å². The van der Waals surface area contributed by atoms with Gasteiger partial charge in [0.15, 0.2) is 0 Å². The minimum Gasteiger partial charge on any atom is -0.357 e. The van der Waals surface area contributed by atoms with Gasteiger partial charge in [0.1, 0.15) is 11.9 Å². The molecule has 33 heavy (non-hydrogen) atoms. The zero-order valence-electron chi connectivity index (χ0n) is 19.5. The Hall–Kier alpha value is -2.94. The van der Waals surface area contributed by atoms with E-state index in [0.717, 1.165) is 11.8 Å². The highest BCUT2D eigenvalue weighted by Crippen LogP contribution is 2.20. The first kappa shape index (κ1) is 26.3. The Morgan fingerprint density at radius 3 is 2.18 bits per heavy atom. The molecule has 0 unspecified atom stereocenters. The molecule has 0 heterocycles. The smallest absolute Gasteiger partial charge is 0.242 e. The third-order valence-electron chi connectivity index (χ3n) is 5.37. The molecule has 0 aliphatic carbocycles. The number of carbonyl (C=O) groups is 2. The van der Waals surface area contributed by atoms with Crippen molar-refractivity contribution in [3.8, 4) is 0 Å². The molecule has 0 saturated carbocycles. The van der Waals surface area contributed by atoms with Gasteiger partial charge in [-0.1, -0.05) is 36.8 Å². The monoisotopic (exact) mass is 477 g/mol. The Bertz CT molecular complexity index is 1040. The molecule has 0 aromatic heterocycles. The number of halogens is 1. The van der Waals surface area contributed by atoms with E-state index in [1.54, 1.807) is 24.3 Å². The summed E-state index contributed by atoms with van der Waals surface area (Å²) in [5, 5.41) is 2.59. The third-order valence-corrected chi connectivity index (χ3v) is 6.57. The normalized spacial score (nSPS) is 12.2. The Labute approximate surface area is 195 Å². The van der Waals surface area contributed by atoms with Crippen LogP contribution >= 0.6 is 0 Å². The number of nitrogens with zero attached hydrogens (tertiary/aromatic N) is 2. The Balaban J connectivity index is 2.17. The lowest BCUT2D eigenvalue weighted by Gasteiger charge is -2.30. The summed E-state index contributed by atoms with van der Waals surface area (Å²) < 4.78 is 39.2. The van der Waals surface area contributed by atoms with Crippen molar-refractivity contribution in [2.45, 2.75) is 45.7 Å². The molecular weight excluding hydrogens is 445 g/mol. The summed E-state index contributed by atoms with van der Waals surface area (Å²) in [6, 6.07) is 12.2. The number of carbonyl (C=O) groups excluding carboxylic acids is 2. The highest BCUT2D eigenvalue weighted by molar-refractivity contribution is 7.92. The van der Waals surface area contributed by atoms with Crippen molar-refractivity contribution in [3.63, 3.8) is 0 Å². The molecule has 0 bridgehead atoms. The Morgan fingerprint density at radius 2 is 1.67 bits per heavy atom. The molecule has 2 aromatic rings. The molecule has 180 valence electrons. The molecule has 1 atom stereocenters. The predicted molar refractivity (Wildman–Crippen MR) is 128 cm³/mol. The van der Waals surface area contributed by atoms with E-state index in [1.165, 1.54) is 28.4 Å². The zero-order chi connectivity index (χ0) is 24.6. The number of hydrogen-bond donors (Lipinski definition) is 1. The fourth-order valence-electron chi connectivity index (χ4n) is 3.59. The van der Waals surface area contributed by atoms with E-state index < -0.39 is 16.1 Å². The molecular formula is C24H32FN3O4S. The van der Waals surface area contributed by atoms with Crippen LogP contribution in [0.1, 0.15) is 37.3 Å². The summed E-state index contributed by atoms with van der Waals surface area (Å²) in [5.41, 5.74) is 2.25. The van der Waals surface area contributed by atoms with Crippen LogP contribution < -0.4 is 9.62 Å². The topological polar surface area (TPSA) is 86.8 Å². The quantitative estimate of drug-likeness (QED) is 0.538. The predicted octanol–water partition coefficient (Wildman–Crippen LogP) is 3.23. The van der Waals surface area contributed by atoms with Crippen LogP contribution in [0.4, 0.5) is 10.1 Å². The Morgan fingerprint density at radius 1 is 1.06 bits per heavy atom. The molecule has 0 spiro atoms. The number of amides is 2. The van der Waals surface area contributed by atoms with E-state index >= 15 is 0 Å². The van der Waals surface area contributed by atoms with E-state index in [-0.39, 0.29) is 43.6 Å². The lowest BCUT2D eigenvalue weighted by Crippen LogP contribution is -2.48. The second-order valence-corrected chi connectivity index (χ2v) is 9.87. The second-order valence-electron chi connectivity index (χ2n) is 7.96. The van der Waals surface area contributed by atoms with E-state index in [2.05, 4.69) is 5.32 Å². The van der Waals surface area contributed by atoms with E-state index in [1.807, 2.05) is 26.0 Å². The first-order valence-corrected chi connectivity index (χ1v) is 12.7. The molecule has 7 nitrogen and oxygen atoms in total. The molecule has 0 radical (unpaired) electrons. The van der Waals surface area contributed by atoms with Gasteiger partial charge in [0.2, 0.25) is 21.8 Å². The number of rotatable bonds is 11. The van der Waals surface area contributed by atoms with Gasteiger partial charge in [-0.2, -0.15) is 0 Å². The van der Waals surface area contributed by atoms with Gasteiger partial charge in [0, 0.05) is 26.6 Å². The first-order chi connectivity index (χ1) is 15.6. The van der Waals surface area contributed by atoms with Crippen LogP contribution in [0.5, 0.6) is 0 Å². The molecule has 0 aliphatic heterocycles. The highest BCUT2D eigenvalue weighted by atomic mass is 32.2. The second kappa shape index (κ2) is 11.8.